The van der Waals surface area contributed by atoms with Crippen molar-refractivity contribution in [2.45, 2.75) is 11.8 Å². The van der Waals surface area contributed by atoms with Crippen molar-refractivity contribution in [2.24, 2.45) is 0 Å². The van der Waals surface area contributed by atoms with E-state index in [4.69, 9.17) is 5.73 Å². The number of nitrogens with two attached hydrogens (primary N) is 1. The molecule has 0 fully saturated rings. The van der Waals surface area contributed by atoms with Crippen molar-refractivity contribution in [2.75, 3.05) is 23.4 Å². The summed E-state index contributed by atoms with van der Waals surface area (Å²) >= 11 is 1.81. The zero-order valence-electron chi connectivity index (χ0n) is 11.3. The van der Waals surface area contributed by atoms with E-state index in [0.717, 1.165) is 22.9 Å². The van der Waals surface area contributed by atoms with Crippen LogP contribution >= 0.6 is 11.8 Å². The number of rotatable bonds is 7. The number of hydrogen-bond acceptors (Lipinski definition) is 4. The fraction of sp³-hybridized carbons (Fsp3) is 0.250. The van der Waals surface area contributed by atoms with Crippen LogP contribution in [0.1, 0.15) is 5.56 Å². The third kappa shape index (κ3) is 4.79. The van der Waals surface area contributed by atoms with Crippen LogP contribution in [0.3, 0.4) is 0 Å². The van der Waals surface area contributed by atoms with Crippen LogP contribution in [0.25, 0.3) is 0 Å². The molecule has 3 nitrogen and oxygen atoms in total. The normalized spacial score (nSPS) is 12.1. The van der Waals surface area contributed by atoms with Gasteiger partial charge in [-0.05, 0) is 29.8 Å². The highest BCUT2D eigenvalue weighted by Gasteiger charge is 2.07. The number of thioether (sulfide) groups is 1. The fourth-order valence-electron chi connectivity index (χ4n) is 1.85. The highest BCUT2D eigenvalue weighted by Crippen LogP contribution is 2.16. The van der Waals surface area contributed by atoms with E-state index in [1.54, 1.807) is 0 Å². The van der Waals surface area contributed by atoms with Gasteiger partial charge in [-0.2, -0.15) is 11.8 Å². The van der Waals surface area contributed by atoms with Crippen molar-refractivity contribution >= 4 is 23.1 Å². The van der Waals surface area contributed by atoms with Crippen molar-refractivity contribution < 1.29 is 5.11 Å². The fourth-order valence-corrected chi connectivity index (χ4v) is 2.87. The molecule has 1 atom stereocenters. The van der Waals surface area contributed by atoms with Crippen molar-refractivity contribution in [3.63, 3.8) is 0 Å². The Balaban J connectivity index is 1.79. The van der Waals surface area contributed by atoms with E-state index in [0.29, 0.717) is 0 Å². The largest absolute Gasteiger partial charge is 0.399 e. The minimum atomic E-state index is 0.0485. The van der Waals surface area contributed by atoms with E-state index < -0.39 is 0 Å². The lowest BCUT2D eigenvalue weighted by atomic mass is 10.2. The molecule has 2 aromatic carbocycles. The summed E-state index contributed by atoms with van der Waals surface area (Å²) in [5.41, 5.74) is 8.69. The van der Waals surface area contributed by atoms with Crippen LogP contribution in [0.15, 0.2) is 54.6 Å². The van der Waals surface area contributed by atoms with Crippen LogP contribution in [-0.4, -0.2) is 23.5 Å². The first-order chi connectivity index (χ1) is 9.78. The Morgan fingerprint density at radius 3 is 2.40 bits per heavy atom. The van der Waals surface area contributed by atoms with Gasteiger partial charge in [-0.15, -0.1) is 0 Å². The molecule has 106 valence electrons. The lowest BCUT2D eigenvalue weighted by molar-refractivity contribution is 0.283. The van der Waals surface area contributed by atoms with Crippen LogP contribution < -0.4 is 11.1 Å². The Kier molecular flexibility index (Phi) is 5.77. The first-order valence-electron chi connectivity index (χ1n) is 6.62. The molecule has 2 aromatic rings. The maximum Gasteiger partial charge on any atom is 0.0640 e. The summed E-state index contributed by atoms with van der Waals surface area (Å²) in [5, 5.41) is 12.8. The average Bonchev–Trinajstić information content (AvgIpc) is 2.49. The molecule has 0 saturated heterocycles. The molecule has 0 spiro atoms. The minimum absolute atomic E-state index is 0.0485. The van der Waals surface area contributed by atoms with Crippen molar-refractivity contribution in [3.05, 3.63) is 60.2 Å². The molecule has 4 heteroatoms. The number of hydrogen-bond donors (Lipinski definition) is 3. The lowest BCUT2D eigenvalue weighted by Crippen LogP contribution is -2.26. The Bertz CT molecular complexity index is 502. The van der Waals surface area contributed by atoms with Gasteiger partial charge in [0.15, 0.2) is 0 Å². The van der Waals surface area contributed by atoms with Gasteiger partial charge in [0, 0.05) is 22.9 Å². The van der Waals surface area contributed by atoms with Crippen LogP contribution in [0.5, 0.6) is 0 Å². The standard InChI is InChI=1S/C16H20N2OS/c17-14-6-8-15(9-7-14)18-16(10-19)12-20-11-13-4-2-1-3-5-13/h1-9,16,18-19H,10-12,17H2. The second-order valence-corrected chi connectivity index (χ2v) is 5.68. The highest BCUT2D eigenvalue weighted by atomic mass is 32.2. The molecular weight excluding hydrogens is 268 g/mol. The third-order valence-electron chi connectivity index (χ3n) is 2.93. The monoisotopic (exact) mass is 288 g/mol. The second kappa shape index (κ2) is 7.82. The van der Waals surface area contributed by atoms with Crippen molar-refractivity contribution in [1.29, 1.82) is 0 Å². The molecule has 0 aromatic heterocycles. The number of aliphatic hydroxyl groups is 1. The summed E-state index contributed by atoms with van der Waals surface area (Å²) in [7, 11) is 0. The number of nitrogen functional groups attached to an aromatic ring is 1. The highest BCUT2D eigenvalue weighted by molar-refractivity contribution is 7.98. The summed E-state index contributed by atoms with van der Waals surface area (Å²) in [6, 6.07) is 18.0. The Hall–Kier alpha value is -1.65. The van der Waals surface area contributed by atoms with E-state index >= 15 is 0 Å². The van der Waals surface area contributed by atoms with Crippen LogP contribution in [0.4, 0.5) is 11.4 Å². The van der Waals surface area contributed by atoms with Gasteiger partial charge in [0.25, 0.3) is 0 Å². The molecule has 0 heterocycles. The topological polar surface area (TPSA) is 58.3 Å². The molecule has 0 bridgehead atoms. The minimum Gasteiger partial charge on any atom is -0.399 e. The molecule has 1 unspecified atom stereocenters. The summed E-state index contributed by atoms with van der Waals surface area (Å²) in [5.74, 6) is 1.82. The zero-order valence-corrected chi connectivity index (χ0v) is 12.1. The van der Waals surface area contributed by atoms with E-state index in [2.05, 4.69) is 17.4 Å². The molecule has 0 saturated carbocycles. The van der Waals surface area contributed by atoms with Gasteiger partial charge in [-0.1, -0.05) is 30.3 Å². The summed E-state index contributed by atoms with van der Waals surface area (Å²) < 4.78 is 0. The molecular formula is C16H20N2OS. The third-order valence-corrected chi connectivity index (χ3v) is 4.11. The van der Waals surface area contributed by atoms with E-state index in [1.807, 2.05) is 54.2 Å². The van der Waals surface area contributed by atoms with Crippen molar-refractivity contribution in [3.8, 4) is 0 Å². The molecule has 0 radical (unpaired) electrons. The summed E-state index contributed by atoms with van der Waals surface area (Å²) in [6.45, 7) is 0.117. The predicted octanol–water partition coefficient (Wildman–Crippen LogP) is 2.98. The zero-order chi connectivity index (χ0) is 14.2. The molecule has 2 rings (SSSR count). The quantitative estimate of drug-likeness (QED) is 0.686. The van der Waals surface area contributed by atoms with Gasteiger partial charge in [0.05, 0.1) is 12.6 Å². The van der Waals surface area contributed by atoms with Gasteiger partial charge in [-0.3, -0.25) is 0 Å². The van der Waals surface area contributed by atoms with E-state index in [9.17, 15) is 5.11 Å². The number of benzene rings is 2. The van der Waals surface area contributed by atoms with Crippen LogP contribution in [-0.2, 0) is 5.75 Å². The molecule has 0 aliphatic rings. The van der Waals surface area contributed by atoms with Gasteiger partial charge in [0.2, 0.25) is 0 Å². The number of aliphatic hydroxyl groups excluding tert-OH is 1. The maximum absolute atomic E-state index is 9.44. The average molecular weight is 288 g/mol. The molecule has 0 aliphatic heterocycles. The molecule has 4 N–H and O–H groups in total. The Morgan fingerprint density at radius 2 is 1.75 bits per heavy atom. The second-order valence-electron chi connectivity index (χ2n) is 4.65. The van der Waals surface area contributed by atoms with E-state index in [1.165, 1.54) is 5.56 Å². The predicted molar refractivity (Wildman–Crippen MR) is 88.0 cm³/mol. The Morgan fingerprint density at radius 1 is 1.05 bits per heavy atom. The SMILES string of the molecule is Nc1ccc(NC(CO)CSCc2ccccc2)cc1. The first-order valence-corrected chi connectivity index (χ1v) is 7.78. The molecule has 20 heavy (non-hydrogen) atoms. The van der Waals surface area contributed by atoms with Crippen LogP contribution in [0, 0.1) is 0 Å². The smallest absolute Gasteiger partial charge is 0.0640 e. The van der Waals surface area contributed by atoms with Gasteiger partial charge < -0.3 is 16.2 Å². The van der Waals surface area contributed by atoms with Crippen molar-refractivity contribution in [1.82, 2.24) is 0 Å². The Labute approximate surface area is 124 Å². The van der Waals surface area contributed by atoms with Gasteiger partial charge >= 0.3 is 0 Å². The van der Waals surface area contributed by atoms with Crippen LogP contribution in [0.2, 0.25) is 0 Å². The number of anilines is 2. The molecule has 0 aliphatic carbocycles. The number of nitrogens with one attached hydrogen (secondary N) is 1. The lowest BCUT2D eigenvalue weighted by Gasteiger charge is -2.17. The summed E-state index contributed by atoms with van der Waals surface area (Å²) in [6.07, 6.45) is 0. The van der Waals surface area contributed by atoms with E-state index in [-0.39, 0.29) is 12.6 Å². The maximum atomic E-state index is 9.44. The summed E-state index contributed by atoms with van der Waals surface area (Å²) in [4.78, 5) is 0. The first kappa shape index (κ1) is 14.8. The van der Waals surface area contributed by atoms with Gasteiger partial charge in [-0.25, -0.2) is 0 Å². The van der Waals surface area contributed by atoms with Gasteiger partial charge in [0.1, 0.15) is 0 Å². The molecule has 0 amide bonds.